The monoisotopic (exact) mass is 385 g/mol. The zero-order chi connectivity index (χ0) is 19.6. The Morgan fingerprint density at radius 2 is 1.93 bits per heavy atom. The fraction of sp³-hybridized carbons (Fsp3) is 0.263. The second-order valence-electron chi connectivity index (χ2n) is 6.04. The number of amides is 3. The molecule has 0 saturated heterocycles. The van der Waals surface area contributed by atoms with Crippen molar-refractivity contribution < 1.29 is 9.59 Å². The van der Waals surface area contributed by atoms with Gasteiger partial charge < -0.3 is 5.32 Å². The van der Waals surface area contributed by atoms with Crippen LogP contribution in [0, 0.1) is 0 Å². The zero-order valence-corrected chi connectivity index (χ0v) is 16.1. The smallest absolute Gasteiger partial charge is 0.307 e. The minimum atomic E-state index is -0.625. The molecule has 0 aliphatic heterocycles. The van der Waals surface area contributed by atoms with Crippen LogP contribution >= 0.6 is 11.6 Å². The largest absolute Gasteiger partial charge is 0.326 e. The molecule has 0 atom stereocenters. The first-order valence-electron chi connectivity index (χ1n) is 8.65. The molecule has 0 fully saturated rings. The number of imide groups is 1. The first kappa shape index (κ1) is 18.8. The van der Waals surface area contributed by atoms with Crippen molar-refractivity contribution in [2.75, 3.05) is 5.32 Å². The average molecular weight is 386 g/mol. The summed E-state index contributed by atoms with van der Waals surface area (Å²) in [6.45, 7) is 3.95. The molecular formula is C19H20ClN5O2. The maximum atomic E-state index is 12.4. The van der Waals surface area contributed by atoms with Crippen molar-refractivity contribution in [3.05, 3.63) is 52.3 Å². The number of benzene rings is 1. The number of hydrogen-bond donors (Lipinski definition) is 2. The number of anilines is 1. The number of urea groups is 1. The van der Waals surface area contributed by atoms with Gasteiger partial charge in [0.25, 0.3) is 5.91 Å². The van der Waals surface area contributed by atoms with Gasteiger partial charge in [-0.2, -0.15) is 5.10 Å². The highest BCUT2D eigenvalue weighted by Gasteiger charge is 2.17. The molecule has 2 aromatic heterocycles. The Morgan fingerprint density at radius 1 is 1.15 bits per heavy atom. The van der Waals surface area contributed by atoms with Gasteiger partial charge in [0.15, 0.2) is 0 Å². The number of nitrogens with one attached hydrogen (secondary N) is 2. The highest BCUT2D eigenvalue weighted by Crippen LogP contribution is 2.29. The van der Waals surface area contributed by atoms with Crippen molar-refractivity contribution in [2.24, 2.45) is 7.05 Å². The quantitative estimate of drug-likeness (QED) is 0.716. The normalized spacial score (nSPS) is 10.8. The van der Waals surface area contributed by atoms with E-state index in [0.29, 0.717) is 22.6 Å². The fourth-order valence-electron chi connectivity index (χ4n) is 2.95. The number of hydrogen-bond acceptors (Lipinski definition) is 4. The van der Waals surface area contributed by atoms with Gasteiger partial charge in [-0.3, -0.25) is 14.8 Å². The zero-order valence-electron chi connectivity index (χ0n) is 15.3. The highest BCUT2D eigenvalue weighted by atomic mass is 35.5. The number of fused-ring (bicyclic) bond motifs is 1. The third-order valence-electron chi connectivity index (χ3n) is 4.38. The Kier molecular flexibility index (Phi) is 5.41. The van der Waals surface area contributed by atoms with Crippen molar-refractivity contribution in [2.45, 2.75) is 26.7 Å². The molecule has 3 rings (SSSR count). The van der Waals surface area contributed by atoms with Crippen LogP contribution in [0.15, 0.2) is 30.5 Å². The Labute approximate surface area is 161 Å². The highest BCUT2D eigenvalue weighted by molar-refractivity contribution is 6.32. The van der Waals surface area contributed by atoms with Crippen molar-refractivity contribution in [1.29, 1.82) is 0 Å². The first-order valence-corrected chi connectivity index (χ1v) is 9.03. The second-order valence-corrected chi connectivity index (χ2v) is 6.45. The third kappa shape index (κ3) is 3.78. The number of aromatic nitrogens is 3. The van der Waals surface area contributed by atoms with Gasteiger partial charge in [-0.1, -0.05) is 31.5 Å². The van der Waals surface area contributed by atoms with Crippen LogP contribution < -0.4 is 10.6 Å². The lowest BCUT2D eigenvalue weighted by Gasteiger charge is -2.16. The van der Waals surface area contributed by atoms with Gasteiger partial charge in [0.05, 0.1) is 17.4 Å². The molecule has 0 unspecified atom stereocenters. The summed E-state index contributed by atoms with van der Waals surface area (Å²) in [4.78, 5) is 29.0. The minimum Gasteiger partial charge on any atom is -0.307 e. The van der Waals surface area contributed by atoms with E-state index >= 15 is 0 Å². The van der Waals surface area contributed by atoms with E-state index in [1.807, 2.05) is 26.0 Å². The number of nitrogens with zero attached hydrogens (tertiary/aromatic N) is 3. The number of pyridine rings is 1. The van der Waals surface area contributed by atoms with E-state index in [1.165, 1.54) is 0 Å². The minimum absolute atomic E-state index is 0.142. The molecule has 27 heavy (non-hydrogen) atoms. The van der Waals surface area contributed by atoms with Gasteiger partial charge in [-0.05, 0) is 42.2 Å². The van der Waals surface area contributed by atoms with Crippen molar-refractivity contribution in [3.63, 3.8) is 0 Å². The van der Waals surface area contributed by atoms with Crippen molar-refractivity contribution >= 4 is 40.3 Å². The van der Waals surface area contributed by atoms with Crippen LogP contribution in [0.2, 0.25) is 5.02 Å². The molecular weight excluding hydrogens is 366 g/mol. The van der Waals surface area contributed by atoms with Crippen LogP contribution in [-0.4, -0.2) is 26.7 Å². The summed E-state index contributed by atoms with van der Waals surface area (Å²) >= 11 is 6.24. The molecule has 140 valence electrons. The molecule has 7 nitrogen and oxygen atoms in total. The SMILES string of the molecule is CCc1ccc(Cl)c(CC)c1NC(=O)NC(=O)c1ccc2c(cnn2C)n1. The summed E-state index contributed by atoms with van der Waals surface area (Å²) in [5.41, 5.74) is 3.97. The molecule has 0 bridgehead atoms. The lowest BCUT2D eigenvalue weighted by molar-refractivity contribution is 0.0962. The summed E-state index contributed by atoms with van der Waals surface area (Å²) in [6, 6.07) is 6.36. The molecule has 0 aliphatic carbocycles. The molecule has 2 heterocycles. The van der Waals surface area contributed by atoms with E-state index in [9.17, 15) is 9.59 Å². The summed E-state index contributed by atoms with van der Waals surface area (Å²) in [6.07, 6.45) is 2.96. The first-order chi connectivity index (χ1) is 12.9. The fourth-order valence-corrected chi connectivity index (χ4v) is 3.24. The van der Waals surface area contributed by atoms with E-state index in [2.05, 4.69) is 20.7 Å². The summed E-state index contributed by atoms with van der Waals surface area (Å²) < 4.78 is 1.66. The van der Waals surface area contributed by atoms with Crippen LogP contribution in [0.1, 0.15) is 35.5 Å². The molecule has 0 radical (unpaired) electrons. The Morgan fingerprint density at radius 3 is 2.63 bits per heavy atom. The molecule has 8 heteroatoms. The second kappa shape index (κ2) is 7.75. The lowest BCUT2D eigenvalue weighted by atomic mass is 10.0. The molecule has 0 spiro atoms. The van der Waals surface area contributed by atoms with Gasteiger partial charge in [0.2, 0.25) is 0 Å². The Hall–Kier alpha value is -2.93. The van der Waals surface area contributed by atoms with E-state index in [1.54, 1.807) is 30.1 Å². The predicted molar refractivity (Wildman–Crippen MR) is 105 cm³/mol. The molecule has 1 aromatic carbocycles. The molecule has 0 saturated carbocycles. The Bertz CT molecular complexity index is 1030. The van der Waals surface area contributed by atoms with Crippen molar-refractivity contribution in [1.82, 2.24) is 20.1 Å². The molecule has 3 amide bonds. The summed E-state index contributed by atoms with van der Waals surface area (Å²) in [5, 5.41) is 9.75. The predicted octanol–water partition coefficient (Wildman–Crippen LogP) is 3.71. The van der Waals surface area contributed by atoms with Gasteiger partial charge in [-0.15, -0.1) is 0 Å². The van der Waals surface area contributed by atoms with Crippen LogP contribution in [-0.2, 0) is 19.9 Å². The van der Waals surface area contributed by atoms with E-state index in [0.717, 1.165) is 23.1 Å². The number of halogens is 1. The van der Waals surface area contributed by atoms with E-state index in [-0.39, 0.29) is 5.69 Å². The van der Waals surface area contributed by atoms with Crippen LogP contribution in [0.25, 0.3) is 11.0 Å². The van der Waals surface area contributed by atoms with Gasteiger partial charge in [0.1, 0.15) is 11.2 Å². The third-order valence-corrected chi connectivity index (χ3v) is 4.73. The lowest BCUT2D eigenvalue weighted by Crippen LogP contribution is -2.35. The molecule has 3 aromatic rings. The maximum absolute atomic E-state index is 12.4. The van der Waals surface area contributed by atoms with E-state index < -0.39 is 11.9 Å². The van der Waals surface area contributed by atoms with Crippen LogP contribution in [0.4, 0.5) is 10.5 Å². The molecule has 0 aliphatic rings. The molecule has 2 N–H and O–H groups in total. The summed E-state index contributed by atoms with van der Waals surface area (Å²) in [5.74, 6) is -0.587. The number of carbonyl (C=O) groups is 2. The van der Waals surface area contributed by atoms with Crippen molar-refractivity contribution in [3.8, 4) is 0 Å². The number of carbonyl (C=O) groups excluding carboxylic acids is 2. The van der Waals surface area contributed by atoms with E-state index in [4.69, 9.17) is 11.6 Å². The van der Waals surface area contributed by atoms with Gasteiger partial charge >= 0.3 is 6.03 Å². The number of rotatable bonds is 4. The average Bonchev–Trinajstić information content (AvgIpc) is 3.02. The topological polar surface area (TPSA) is 88.9 Å². The Balaban J connectivity index is 1.79. The van der Waals surface area contributed by atoms with Crippen LogP contribution in [0.3, 0.4) is 0 Å². The standard InChI is InChI=1S/C19H20ClN5O2/c1-4-11-6-7-13(20)12(5-2)17(11)23-19(27)24-18(26)14-8-9-16-15(22-14)10-21-25(16)3/h6-10H,4-5H2,1-3H3,(H2,23,24,26,27). The summed E-state index contributed by atoms with van der Waals surface area (Å²) in [7, 11) is 1.79. The van der Waals surface area contributed by atoms with Gasteiger partial charge in [0, 0.05) is 12.1 Å². The van der Waals surface area contributed by atoms with Gasteiger partial charge in [-0.25, -0.2) is 9.78 Å². The van der Waals surface area contributed by atoms with Crippen LogP contribution in [0.5, 0.6) is 0 Å². The number of aryl methyl sites for hydroxylation is 2. The maximum Gasteiger partial charge on any atom is 0.326 e.